The van der Waals surface area contributed by atoms with Crippen LogP contribution in [0.2, 0.25) is 0 Å². The molecule has 108 valence electrons. The molecule has 0 aliphatic rings. The molecule has 0 fully saturated rings. The smallest absolute Gasteiger partial charge is 0.0801 e. The Hall–Kier alpha value is -1.23. The monoisotopic (exact) mass is 289 g/mol. The summed E-state index contributed by atoms with van der Waals surface area (Å²) in [6.45, 7) is 5.26. The van der Waals surface area contributed by atoms with Gasteiger partial charge in [-0.1, -0.05) is 31.2 Å². The highest BCUT2D eigenvalue weighted by atomic mass is 32.1. The maximum absolute atomic E-state index is 5.29. The zero-order valence-corrected chi connectivity index (χ0v) is 13.0. The molecule has 2 rings (SSSR count). The summed E-state index contributed by atoms with van der Waals surface area (Å²) in [6, 6.07) is 8.91. The standard InChI is InChI=1S/C16H23N3S/c1-12(4-3-9-19-17)10-14-5-7-15(8-6-14)16-13(2)18-11-20-16/h5-8,11-12,19H,3-4,9-10,17H2,1-2H3. The second kappa shape index (κ2) is 7.53. The lowest BCUT2D eigenvalue weighted by Crippen LogP contribution is -2.23. The van der Waals surface area contributed by atoms with Crippen molar-refractivity contribution in [1.29, 1.82) is 0 Å². The SMILES string of the molecule is Cc1ncsc1-c1ccc(CC(C)CCCNN)cc1. The van der Waals surface area contributed by atoms with Gasteiger partial charge in [-0.15, -0.1) is 11.3 Å². The van der Waals surface area contributed by atoms with Crippen LogP contribution in [0.1, 0.15) is 31.0 Å². The first-order valence-electron chi connectivity index (χ1n) is 7.13. The third kappa shape index (κ3) is 4.13. The van der Waals surface area contributed by atoms with Crippen LogP contribution >= 0.6 is 11.3 Å². The summed E-state index contributed by atoms with van der Waals surface area (Å²) in [7, 11) is 0. The lowest BCUT2D eigenvalue weighted by atomic mass is 9.96. The molecule has 1 aromatic carbocycles. The highest BCUT2D eigenvalue weighted by Crippen LogP contribution is 2.27. The third-order valence-electron chi connectivity index (χ3n) is 3.56. The average Bonchev–Trinajstić information content (AvgIpc) is 2.86. The predicted octanol–water partition coefficient (Wildman–Crippen LogP) is 3.54. The third-order valence-corrected chi connectivity index (χ3v) is 4.54. The normalized spacial score (nSPS) is 12.6. The highest BCUT2D eigenvalue weighted by molar-refractivity contribution is 7.13. The molecule has 20 heavy (non-hydrogen) atoms. The van der Waals surface area contributed by atoms with E-state index in [1.165, 1.54) is 22.4 Å². The van der Waals surface area contributed by atoms with Gasteiger partial charge in [0.1, 0.15) is 0 Å². The molecule has 0 radical (unpaired) electrons. The Bertz CT molecular complexity index is 519. The molecule has 3 nitrogen and oxygen atoms in total. The van der Waals surface area contributed by atoms with E-state index in [0.29, 0.717) is 5.92 Å². The first-order chi connectivity index (χ1) is 9.70. The van der Waals surface area contributed by atoms with Gasteiger partial charge in [0, 0.05) is 6.54 Å². The quantitative estimate of drug-likeness (QED) is 0.466. The van der Waals surface area contributed by atoms with Gasteiger partial charge in [0.05, 0.1) is 16.1 Å². The molecule has 0 aliphatic heterocycles. The molecule has 0 aliphatic carbocycles. The minimum atomic E-state index is 0.694. The van der Waals surface area contributed by atoms with Crippen molar-refractivity contribution in [2.24, 2.45) is 11.8 Å². The fraction of sp³-hybridized carbons (Fsp3) is 0.438. The second-order valence-electron chi connectivity index (χ2n) is 5.37. The van der Waals surface area contributed by atoms with Gasteiger partial charge < -0.3 is 0 Å². The van der Waals surface area contributed by atoms with E-state index in [1.807, 2.05) is 5.51 Å². The first-order valence-corrected chi connectivity index (χ1v) is 8.01. The summed E-state index contributed by atoms with van der Waals surface area (Å²) in [4.78, 5) is 5.58. The summed E-state index contributed by atoms with van der Waals surface area (Å²) < 4.78 is 0. The summed E-state index contributed by atoms with van der Waals surface area (Å²) in [5.74, 6) is 5.98. The fourth-order valence-electron chi connectivity index (χ4n) is 2.43. The van der Waals surface area contributed by atoms with Crippen molar-refractivity contribution in [3.8, 4) is 10.4 Å². The van der Waals surface area contributed by atoms with Crippen LogP contribution in [0.25, 0.3) is 10.4 Å². The van der Waals surface area contributed by atoms with Crippen molar-refractivity contribution < 1.29 is 0 Å². The van der Waals surface area contributed by atoms with Crippen molar-refractivity contribution >= 4 is 11.3 Å². The van der Waals surface area contributed by atoms with Crippen LogP contribution in [0, 0.1) is 12.8 Å². The maximum atomic E-state index is 5.29. The Labute approximate surface area is 125 Å². The van der Waals surface area contributed by atoms with Gasteiger partial charge in [-0.3, -0.25) is 11.3 Å². The molecule has 0 amide bonds. The van der Waals surface area contributed by atoms with Gasteiger partial charge in [0.25, 0.3) is 0 Å². The molecule has 0 spiro atoms. The molecule has 1 heterocycles. The molecule has 1 unspecified atom stereocenters. The number of hydrazine groups is 1. The zero-order valence-electron chi connectivity index (χ0n) is 12.2. The van der Waals surface area contributed by atoms with Crippen LogP contribution in [0.3, 0.4) is 0 Å². The van der Waals surface area contributed by atoms with Crippen LogP contribution in [0.5, 0.6) is 0 Å². The van der Waals surface area contributed by atoms with Crippen LogP contribution in [0.4, 0.5) is 0 Å². The topological polar surface area (TPSA) is 50.9 Å². The van der Waals surface area contributed by atoms with Crippen molar-refractivity contribution in [2.75, 3.05) is 6.54 Å². The van der Waals surface area contributed by atoms with E-state index in [1.54, 1.807) is 11.3 Å². The van der Waals surface area contributed by atoms with Crippen molar-refractivity contribution in [3.05, 3.63) is 41.0 Å². The number of hydrogen-bond acceptors (Lipinski definition) is 4. The number of aromatic nitrogens is 1. The van der Waals surface area contributed by atoms with E-state index < -0.39 is 0 Å². The number of benzene rings is 1. The number of nitrogens with two attached hydrogens (primary N) is 1. The minimum absolute atomic E-state index is 0.694. The van der Waals surface area contributed by atoms with E-state index in [2.05, 4.69) is 48.5 Å². The van der Waals surface area contributed by atoms with E-state index in [4.69, 9.17) is 5.84 Å². The Morgan fingerprint density at radius 2 is 2.05 bits per heavy atom. The number of nitrogens with zero attached hydrogens (tertiary/aromatic N) is 1. The number of aryl methyl sites for hydroxylation is 1. The van der Waals surface area contributed by atoms with E-state index in [9.17, 15) is 0 Å². The second-order valence-corrected chi connectivity index (χ2v) is 6.22. The van der Waals surface area contributed by atoms with Gasteiger partial charge in [0.15, 0.2) is 0 Å². The molecule has 3 N–H and O–H groups in total. The van der Waals surface area contributed by atoms with Crippen LogP contribution in [0.15, 0.2) is 29.8 Å². The lowest BCUT2D eigenvalue weighted by Gasteiger charge is -2.11. The highest BCUT2D eigenvalue weighted by Gasteiger charge is 2.06. The summed E-state index contributed by atoms with van der Waals surface area (Å²) >= 11 is 1.71. The van der Waals surface area contributed by atoms with E-state index >= 15 is 0 Å². The zero-order chi connectivity index (χ0) is 14.4. The van der Waals surface area contributed by atoms with Crippen LogP contribution < -0.4 is 11.3 Å². The number of hydrogen-bond donors (Lipinski definition) is 2. The molecule has 1 aromatic heterocycles. The molecule has 0 saturated carbocycles. The van der Waals surface area contributed by atoms with Crippen molar-refractivity contribution in [1.82, 2.24) is 10.4 Å². The van der Waals surface area contributed by atoms with E-state index in [0.717, 1.165) is 25.1 Å². The Morgan fingerprint density at radius 1 is 1.30 bits per heavy atom. The number of nitrogens with one attached hydrogen (secondary N) is 1. The molecular formula is C16H23N3S. The molecule has 4 heteroatoms. The number of thiazole rings is 1. The minimum Gasteiger partial charge on any atom is -0.271 e. The van der Waals surface area contributed by atoms with Gasteiger partial charge in [-0.2, -0.15) is 0 Å². The predicted molar refractivity (Wildman–Crippen MR) is 86.6 cm³/mol. The summed E-state index contributed by atoms with van der Waals surface area (Å²) in [5, 5.41) is 0. The largest absolute Gasteiger partial charge is 0.271 e. The fourth-order valence-corrected chi connectivity index (χ4v) is 3.24. The average molecular weight is 289 g/mol. The van der Waals surface area contributed by atoms with Gasteiger partial charge in [0.2, 0.25) is 0 Å². The van der Waals surface area contributed by atoms with Crippen molar-refractivity contribution in [3.63, 3.8) is 0 Å². The number of rotatable bonds is 7. The van der Waals surface area contributed by atoms with Gasteiger partial charge in [-0.05, 0) is 43.2 Å². The molecular weight excluding hydrogens is 266 g/mol. The summed E-state index contributed by atoms with van der Waals surface area (Å²) in [6.07, 6.45) is 3.47. The Kier molecular flexibility index (Phi) is 5.71. The van der Waals surface area contributed by atoms with E-state index in [-0.39, 0.29) is 0 Å². The van der Waals surface area contributed by atoms with Gasteiger partial charge >= 0.3 is 0 Å². The molecule has 0 bridgehead atoms. The van der Waals surface area contributed by atoms with Crippen LogP contribution in [-0.2, 0) is 6.42 Å². The maximum Gasteiger partial charge on any atom is 0.0801 e. The molecule has 2 aromatic rings. The first kappa shape index (κ1) is 15.2. The molecule has 0 saturated heterocycles. The summed E-state index contributed by atoms with van der Waals surface area (Å²) in [5.41, 5.74) is 8.41. The Balaban J connectivity index is 1.93. The van der Waals surface area contributed by atoms with Crippen molar-refractivity contribution in [2.45, 2.75) is 33.1 Å². The Morgan fingerprint density at radius 3 is 2.65 bits per heavy atom. The van der Waals surface area contributed by atoms with Gasteiger partial charge in [-0.25, -0.2) is 4.98 Å². The lowest BCUT2D eigenvalue weighted by molar-refractivity contribution is 0.494. The van der Waals surface area contributed by atoms with Crippen LogP contribution in [-0.4, -0.2) is 11.5 Å². The molecule has 1 atom stereocenters.